The molecule has 0 saturated carbocycles. The normalized spacial score (nSPS) is 16.2. The van der Waals surface area contributed by atoms with Gasteiger partial charge in [-0.15, -0.1) is 0 Å². The van der Waals surface area contributed by atoms with Gasteiger partial charge < -0.3 is 27.3 Å². The van der Waals surface area contributed by atoms with E-state index in [0.29, 0.717) is 6.54 Å². The summed E-state index contributed by atoms with van der Waals surface area (Å²) < 4.78 is 0. The molecule has 1 atom stereocenters. The van der Waals surface area contributed by atoms with Crippen LogP contribution in [-0.2, 0) is 0 Å². The van der Waals surface area contributed by atoms with E-state index in [1.54, 1.807) is 0 Å². The Balaban J connectivity index is 0.00000208. The first-order valence-corrected chi connectivity index (χ1v) is 8.61. The van der Waals surface area contributed by atoms with E-state index in [0.717, 1.165) is 31.0 Å². The average molecular weight is 346 g/mol. The first-order chi connectivity index (χ1) is 11.3. The summed E-state index contributed by atoms with van der Waals surface area (Å²) in [6.07, 6.45) is 3.49. The summed E-state index contributed by atoms with van der Waals surface area (Å²) in [5.41, 5.74) is 2.24. The van der Waals surface area contributed by atoms with E-state index in [9.17, 15) is 5.11 Å². The highest BCUT2D eigenvalue weighted by Crippen LogP contribution is 2.25. The first kappa shape index (κ1) is 18.8. The fourth-order valence-corrected chi connectivity index (χ4v) is 3.28. The minimum absolute atomic E-state index is 0. The van der Waals surface area contributed by atoms with Crippen molar-refractivity contribution in [1.29, 1.82) is 0 Å². The quantitative estimate of drug-likeness (QED) is 0.834. The Hall–Kier alpha value is -1.55. The van der Waals surface area contributed by atoms with Crippen LogP contribution in [0.1, 0.15) is 19.3 Å². The summed E-state index contributed by atoms with van der Waals surface area (Å²) in [6.45, 7) is 3.61. The molecule has 0 aromatic heterocycles. The van der Waals surface area contributed by atoms with Gasteiger partial charge >= 0.3 is 0 Å². The Morgan fingerprint density at radius 2 is 1.33 bits per heavy atom. The van der Waals surface area contributed by atoms with Crippen molar-refractivity contribution in [3.05, 3.63) is 60.7 Å². The van der Waals surface area contributed by atoms with Crippen LogP contribution < -0.4 is 17.3 Å². The topological polar surface area (TPSA) is 26.7 Å². The number of hydrogen-bond donors (Lipinski definition) is 1. The van der Waals surface area contributed by atoms with Crippen LogP contribution in [0.3, 0.4) is 0 Å². The number of anilines is 2. The van der Waals surface area contributed by atoms with Gasteiger partial charge in [0, 0.05) is 17.9 Å². The highest BCUT2D eigenvalue weighted by Gasteiger charge is 2.18. The third-order valence-electron chi connectivity index (χ3n) is 4.45. The zero-order valence-corrected chi connectivity index (χ0v) is 14.8. The largest absolute Gasteiger partial charge is 1.00 e. The van der Waals surface area contributed by atoms with Crippen LogP contribution in [0.2, 0.25) is 0 Å². The van der Waals surface area contributed by atoms with Crippen LogP contribution in [0.15, 0.2) is 60.7 Å². The first-order valence-electron chi connectivity index (χ1n) is 8.61. The molecule has 0 radical (unpaired) electrons. The summed E-state index contributed by atoms with van der Waals surface area (Å²) >= 11 is 0. The fraction of sp³-hybridized carbons (Fsp3) is 0.400. The molecule has 1 heterocycles. The van der Waals surface area contributed by atoms with Gasteiger partial charge in [0.05, 0.1) is 12.6 Å². The molecule has 130 valence electrons. The molecule has 0 aliphatic carbocycles. The lowest BCUT2D eigenvalue weighted by molar-refractivity contribution is -0.00000702. The van der Waals surface area contributed by atoms with E-state index in [-0.39, 0.29) is 18.5 Å². The van der Waals surface area contributed by atoms with Crippen molar-refractivity contribution in [2.75, 3.05) is 31.1 Å². The van der Waals surface area contributed by atoms with E-state index >= 15 is 0 Å². The lowest BCUT2D eigenvalue weighted by Crippen LogP contribution is -3.00. The maximum Gasteiger partial charge on any atom is 0.0845 e. The van der Waals surface area contributed by atoms with Crippen LogP contribution in [0, 0.1) is 0 Å². The minimum atomic E-state index is -0.353. The summed E-state index contributed by atoms with van der Waals surface area (Å²) in [5.74, 6) is 0. The molecule has 0 spiro atoms. The van der Waals surface area contributed by atoms with Gasteiger partial charge in [-0.25, -0.2) is 0 Å². The summed E-state index contributed by atoms with van der Waals surface area (Å²) in [4.78, 5) is 4.59. The number of aliphatic hydroxyl groups excluding tert-OH is 1. The predicted octanol–water partition coefficient (Wildman–Crippen LogP) is 0.675. The van der Waals surface area contributed by atoms with E-state index in [1.807, 2.05) is 36.4 Å². The van der Waals surface area contributed by atoms with Crippen molar-refractivity contribution in [3.8, 4) is 0 Å². The molecule has 0 amide bonds. The third kappa shape index (κ3) is 5.23. The number of aliphatic hydroxyl groups is 1. The third-order valence-corrected chi connectivity index (χ3v) is 4.45. The number of para-hydroxylation sites is 2. The zero-order valence-electron chi connectivity index (χ0n) is 14.0. The number of nitrogens with zero attached hydrogens (tertiary/aromatic N) is 2. The van der Waals surface area contributed by atoms with Crippen LogP contribution in [-0.4, -0.2) is 42.3 Å². The monoisotopic (exact) mass is 345 g/mol. The van der Waals surface area contributed by atoms with Crippen molar-refractivity contribution in [1.82, 2.24) is 4.90 Å². The number of hydrogen-bond acceptors (Lipinski definition) is 3. The minimum Gasteiger partial charge on any atom is -1.00 e. The summed E-state index contributed by atoms with van der Waals surface area (Å²) in [5, 5.41) is 10.6. The molecule has 1 saturated heterocycles. The van der Waals surface area contributed by atoms with Crippen molar-refractivity contribution in [3.63, 3.8) is 0 Å². The zero-order chi connectivity index (χ0) is 15.9. The van der Waals surface area contributed by atoms with E-state index in [1.165, 1.54) is 19.3 Å². The highest BCUT2D eigenvalue weighted by molar-refractivity contribution is 5.63. The molecule has 1 N–H and O–H groups in total. The van der Waals surface area contributed by atoms with E-state index < -0.39 is 0 Å². The van der Waals surface area contributed by atoms with Crippen LogP contribution in [0.25, 0.3) is 0 Å². The molecule has 1 aliphatic rings. The molecule has 24 heavy (non-hydrogen) atoms. The molecule has 1 unspecified atom stereocenters. The molecule has 3 nitrogen and oxygen atoms in total. The SMILES string of the molecule is OC(CN1CCCCC1)CN(c1ccccc1)c1ccccc1.[Cl-]. The molecule has 0 bridgehead atoms. The van der Waals surface area contributed by atoms with Gasteiger partial charge in [0.25, 0.3) is 0 Å². The van der Waals surface area contributed by atoms with Crippen molar-refractivity contribution >= 4 is 11.4 Å². The Morgan fingerprint density at radius 1 is 0.833 bits per heavy atom. The van der Waals surface area contributed by atoms with Gasteiger partial charge in [0.1, 0.15) is 0 Å². The van der Waals surface area contributed by atoms with Gasteiger partial charge in [0.15, 0.2) is 0 Å². The summed E-state index contributed by atoms with van der Waals surface area (Å²) in [7, 11) is 0. The Morgan fingerprint density at radius 3 is 1.83 bits per heavy atom. The second-order valence-corrected chi connectivity index (χ2v) is 6.30. The molecular weight excluding hydrogens is 320 g/mol. The van der Waals surface area contributed by atoms with E-state index in [4.69, 9.17) is 0 Å². The lowest BCUT2D eigenvalue weighted by Gasteiger charge is -2.32. The number of likely N-dealkylation sites (tertiary alicyclic amines) is 1. The molecule has 1 fully saturated rings. The molecule has 4 heteroatoms. The Kier molecular flexibility index (Phi) is 7.57. The van der Waals surface area contributed by atoms with Crippen molar-refractivity contribution in [2.24, 2.45) is 0 Å². The number of halogens is 1. The number of piperidine rings is 1. The Bertz CT molecular complexity index is 533. The molecule has 3 rings (SSSR count). The van der Waals surface area contributed by atoms with Crippen molar-refractivity contribution < 1.29 is 17.5 Å². The number of β-amino-alcohol motifs (C(OH)–C–C–N with tert-alkyl or cyclic N) is 1. The van der Waals surface area contributed by atoms with Crippen LogP contribution in [0.5, 0.6) is 0 Å². The highest BCUT2D eigenvalue weighted by atomic mass is 35.5. The Labute approximate surface area is 151 Å². The second-order valence-electron chi connectivity index (χ2n) is 6.30. The van der Waals surface area contributed by atoms with Crippen molar-refractivity contribution in [2.45, 2.75) is 25.4 Å². The van der Waals surface area contributed by atoms with Crippen LogP contribution in [0.4, 0.5) is 11.4 Å². The maximum atomic E-state index is 10.6. The molecule has 2 aromatic carbocycles. The van der Waals surface area contributed by atoms with Gasteiger partial charge in [-0.3, -0.25) is 0 Å². The maximum absolute atomic E-state index is 10.6. The molecule has 1 aliphatic heterocycles. The second kappa shape index (κ2) is 9.67. The number of rotatable bonds is 6. The van der Waals surface area contributed by atoms with Gasteiger partial charge in [-0.1, -0.05) is 42.8 Å². The predicted molar refractivity (Wildman–Crippen MR) is 96.2 cm³/mol. The smallest absolute Gasteiger partial charge is 0.0845 e. The van der Waals surface area contributed by atoms with Gasteiger partial charge in [0.2, 0.25) is 0 Å². The average Bonchev–Trinajstić information content (AvgIpc) is 2.62. The van der Waals surface area contributed by atoms with Gasteiger partial charge in [-0.2, -0.15) is 0 Å². The number of benzene rings is 2. The standard InChI is InChI=1S/C20H26N2O.ClH/c23-20(16-21-14-8-3-9-15-21)17-22(18-10-4-1-5-11-18)19-12-6-2-7-13-19;/h1-2,4-7,10-13,20,23H,3,8-9,14-17H2;1H/p-1. The lowest BCUT2D eigenvalue weighted by atomic mass is 10.1. The molecule has 2 aromatic rings. The van der Waals surface area contributed by atoms with E-state index in [2.05, 4.69) is 34.1 Å². The van der Waals surface area contributed by atoms with Gasteiger partial charge in [-0.05, 0) is 50.2 Å². The summed E-state index contributed by atoms with van der Waals surface area (Å²) in [6, 6.07) is 20.6. The molecular formula is C20H26ClN2O-. The van der Waals surface area contributed by atoms with Crippen LogP contribution >= 0.6 is 0 Å². The fourth-order valence-electron chi connectivity index (χ4n) is 3.28.